The molecule has 0 saturated carbocycles. The number of unbranched alkanes of at least 4 members (excludes halogenated alkanes) is 22. The van der Waals surface area contributed by atoms with Crippen LogP contribution in [0.1, 0.15) is 213 Å². The molecule has 2 atom stereocenters. The molecule has 60 heavy (non-hydrogen) atoms. The van der Waals surface area contributed by atoms with Crippen molar-refractivity contribution in [2.75, 3.05) is 41.0 Å². The predicted molar refractivity (Wildman–Crippen MR) is 252 cm³/mol. The Kier molecular flexibility index (Phi) is 41.0. The molecule has 8 heteroatoms. The summed E-state index contributed by atoms with van der Waals surface area (Å²) < 4.78 is 17.3. The fourth-order valence-corrected chi connectivity index (χ4v) is 7.20. The molecule has 0 aliphatic rings. The molecule has 0 fully saturated rings. The van der Waals surface area contributed by atoms with E-state index in [1.54, 1.807) is 0 Å². The Labute approximate surface area is 369 Å². The zero-order chi connectivity index (χ0) is 44.2. The SMILES string of the molecule is CC/C=C\C/C=C\C/C=C\C/C=C\CCCCC(=O)OC(COCCC(C(=O)O)[N+](C)(C)C)COC(=O)CCCCCCCCCCCCCCCCCCCCCCC. The van der Waals surface area contributed by atoms with Gasteiger partial charge in [0.1, 0.15) is 6.61 Å². The quantitative estimate of drug-likeness (QED) is 0.0282. The first kappa shape index (κ1) is 57.3. The van der Waals surface area contributed by atoms with Crippen LogP contribution in [0.25, 0.3) is 0 Å². The van der Waals surface area contributed by atoms with Gasteiger partial charge in [0.2, 0.25) is 0 Å². The molecule has 348 valence electrons. The lowest BCUT2D eigenvalue weighted by Gasteiger charge is -2.31. The molecule has 0 rings (SSSR count). The maximum absolute atomic E-state index is 12.7. The number of esters is 2. The van der Waals surface area contributed by atoms with Crippen LogP contribution in [0.15, 0.2) is 48.6 Å². The van der Waals surface area contributed by atoms with Crippen LogP contribution in [0.4, 0.5) is 0 Å². The fraction of sp³-hybridized carbons (Fsp3) is 0.788. The standard InChI is InChI=1S/C52H93NO7/c1-6-8-10-12-14-16-18-20-22-23-24-25-26-27-29-30-32-34-36-38-40-42-50(54)59-47-48(46-58-45-44-49(52(56)57)53(3,4)5)60-51(55)43-41-39-37-35-33-31-28-21-19-17-15-13-11-9-7-2/h9,11,15,17,21,28,33,35,48-49H,6-8,10,12-14,16,18-20,22-27,29-32,34,36-47H2,1-5H3/p+1/b11-9-,17-15-,28-21-,35-33-. The van der Waals surface area contributed by atoms with Crippen molar-refractivity contribution in [2.24, 2.45) is 0 Å². The molecular weight excluding hydrogens is 751 g/mol. The number of hydrogen-bond acceptors (Lipinski definition) is 6. The number of hydrogen-bond donors (Lipinski definition) is 1. The van der Waals surface area contributed by atoms with Crippen molar-refractivity contribution in [2.45, 2.75) is 225 Å². The smallest absolute Gasteiger partial charge is 0.362 e. The predicted octanol–water partition coefficient (Wildman–Crippen LogP) is 14.0. The second-order valence-electron chi connectivity index (χ2n) is 17.7. The van der Waals surface area contributed by atoms with Gasteiger partial charge in [0.05, 0.1) is 34.4 Å². The van der Waals surface area contributed by atoms with Gasteiger partial charge in [-0.3, -0.25) is 9.59 Å². The normalized spacial score (nSPS) is 13.3. The maximum atomic E-state index is 12.7. The minimum absolute atomic E-state index is 0.0454. The third kappa shape index (κ3) is 40.7. The molecule has 1 N–H and O–H groups in total. The number of allylic oxidation sites excluding steroid dienone is 8. The maximum Gasteiger partial charge on any atom is 0.362 e. The van der Waals surface area contributed by atoms with E-state index < -0.39 is 18.1 Å². The number of likely N-dealkylation sites (N-methyl/N-ethyl adjacent to an activating group) is 1. The van der Waals surface area contributed by atoms with E-state index in [2.05, 4.69) is 62.5 Å². The van der Waals surface area contributed by atoms with Crippen molar-refractivity contribution in [3.05, 3.63) is 48.6 Å². The van der Waals surface area contributed by atoms with Crippen LogP contribution in [-0.2, 0) is 28.6 Å². The summed E-state index contributed by atoms with van der Waals surface area (Å²) in [5.74, 6) is -1.51. The number of nitrogens with zero attached hydrogens (tertiary/aromatic N) is 1. The molecule has 0 aliphatic heterocycles. The molecule has 0 aromatic carbocycles. The number of rotatable bonds is 44. The van der Waals surface area contributed by atoms with Crippen molar-refractivity contribution in [3.8, 4) is 0 Å². The summed E-state index contributed by atoms with van der Waals surface area (Å²) in [6.07, 6.45) is 51.7. The lowest BCUT2D eigenvalue weighted by atomic mass is 10.0. The largest absolute Gasteiger partial charge is 0.477 e. The number of carboxylic acids is 1. The molecule has 0 aromatic heterocycles. The van der Waals surface area contributed by atoms with E-state index in [-0.39, 0.29) is 42.7 Å². The van der Waals surface area contributed by atoms with E-state index in [1.165, 1.54) is 116 Å². The highest BCUT2D eigenvalue weighted by atomic mass is 16.6. The molecule has 0 radical (unpaired) electrons. The van der Waals surface area contributed by atoms with Crippen LogP contribution in [0.3, 0.4) is 0 Å². The van der Waals surface area contributed by atoms with Crippen molar-refractivity contribution in [3.63, 3.8) is 0 Å². The Morgan fingerprint density at radius 1 is 0.517 bits per heavy atom. The van der Waals surface area contributed by atoms with Gasteiger partial charge >= 0.3 is 17.9 Å². The molecule has 0 amide bonds. The van der Waals surface area contributed by atoms with Gasteiger partial charge in [-0.1, -0.05) is 191 Å². The molecular formula is C52H94NO7+. The van der Waals surface area contributed by atoms with Crippen molar-refractivity contribution < 1.29 is 38.2 Å². The zero-order valence-electron chi connectivity index (χ0n) is 39.7. The van der Waals surface area contributed by atoms with Crippen LogP contribution in [0.2, 0.25) is 0 Å². The van der Waals surface area contributed by atoms with E-state index in [1.807, 2.05) is 21.1 Å². The molecule has 0 spiro atoms. The minimum atomic E-state index is -0.881. The number of quaternary nitrogens is 1. The van der Waals surface area contributed by atoms with Gasteiger partial charge in [0.15, 0.2) is 12.1 Å². The number of carboxylic acid groups (broad SMARTS) is 1. The van der Waals surface area contributed by atoms with Gasteiger partial charge in [0.25, 0.3) is 0 Å². The van der Waals surface area contributed by atoms with Crippen LogP contribution >= 0.6 is 0 Å². The first-order valence-corrected chi connectivity index (χ1v) is 24.7. The van der Waals surface area contributed by atoms with E-state index in [9.17, 15) is 19.5 Å². The summed E-state index contributed by atoms with van der Waals surface area (Å²) in [6, 6.07) is -0.622. The van der Waals surface area contributed by atoms with Crippen LogP contribution < -0.4 is 0 Å². The van der Waals surface area contributed by atoms with Gasteiger partial charge in [-0.15, -0.1) is 0 Å². The Balaban J connectivity index is 4.26. The van der Waals surface area contributed by atoms with Gasteiger partial charge < -0.3 is 23.8 Å². The van der Waals surface area contributed by atoms with E-state index >= 15 is 0 Å². The van der Waals surface area contributed by atoms with E-state index in [4.69, 9.17) is 14.2 Å². The average Bonchev–Trinajstić information content (AvgIpc) is 3.21. The molecule has 0 aliphatic carbocycles. The summed E-state index contributed by atoms with van der Waals surface area (Å²) >= 11 is 0. The Morgan fingerprint density at radius 3 is 1.38 bits per heavy atom. The monoisotopic (exact) mass is 845 g/mol. The first-order valence-electron chi connectivity index (χ1n) is 24.7. The lowest BCUT2D eigenvalue weighted by molar-refractivity contribution is -0.887. The number of carbonyl (C=O) groups is 3. The molecule has 0 heterocycles. The average molecular weight is 845 g/mol. The zero-order valence-corrected chi connectivity index (χ0v) is 39.7. The molecule has 0 saturated heterocycles. The summed E-state index contributed by atoms with van der Waals surface area (Å²) in [7, 11) is 5.52. The number of carbonyl (C=O) groups excluding carboxylic acids is 2. The highest BCUT2D eigenvalue weighted by Gasteiger charge is 2.31. The topological polar surface area (TPSA) is 99.1 Å². The Bertz CT molecular complexity index is 1120. The van der Waals surface area contributed by atoms with E-state index in [0.29, 0.717) is 19.3 Å². The molecule has 0 bridgehead atoms. The third-order valence-electron chi connectivity index (χ3n) is 11.0. The highest BCUT2D eigenvalue weighted by molar-refractivity contribution is 5.72. The van der Waals surface area contributed by atoms with Crippen molar-refractivity contribution >= 4 is 17.9 Å². The van der Waals surface area contributed by atoms with E-state index in [0.717, 1.165) is 57.8 Å². The highest BCUT2D eigenvalue weighted by Crippen LogP contribution is 2.16. The number of ether oxygens (including phenoxy) is 3. The second kappa shape index (κ2) is 43.0. The minimum Gasteiger partial charge on any atom is -0.477 e. The van der Waals surface area contributed by atoms with Crippen molar-refractivity contribution in [1.82, 2.24) is 0 Å². The van der Waals surface area contributed by atoms with Crippen LogP contribution in [0, 0.1) is 0 Å². The first-order chi connectivity index (χ1) is 29.1. The molecule has 2 unspecified atom stereocenters. The van der Waals surface area contributed by atoms with Gasteiger partial charge in [0, 0.05) is 19.3 Å². The lowest BCUT2D eigenvalue weighted by Crippen LogP contribution is -2.50. The summed E-state index contributed by atoms with van der Waals surface area (Å²) in [5.41, 5.74) is 0. The summed E-state index contributed by atoms with van der Waals surface area (Å²) in [5, 5.41) is 9.64. The van der Waals surface area contributed by atoms with Gasteiger partial charge in [-0.05, 0) is 51.4 Å². The van der Waals surface area contributed by atoms with Gasteiger partial charge in [-0.25, -0.2) is 4.79 Å². The second-order valence-corrected chi connectivity index (χ2v) is 17.7. The summed E-state index contributed by atoms with van der Waals surface area (Å²) in [4.78, 5) is 37.1. The number of aliphatic carboxylic acids is 1. The fourth-order valence-electron chi connectivity index (χ4n) is 7.20. The molecule has 8 nitrogen and oxygen atoms in total. The van der Waals surface area contributed by atoms with Crippen LogP contribution in [-0.4, -0.2) is 80.6 Å². The Hall–Kier alpha value is -2.71. The summed E-state index contributed by atoms with van der Waals surface area (Å²) in [6.45, 7) is 4.60. The Morgan fingerprint density at radius 2 is 0.933 bits per heavy atom. The molecule has 0 aromatic rings. The van der Waals surface area contributed by atoms with Crippen LogP contribution in [0.5, 0.6) is 0 Å². The van der Waals surface area contributed by atoms with Gasteiger partial charge in [-0.2, -0.15) is 0 Å². The van der Waals surface area contributed by atoms with Crippen molar-refractivity contribution in [1.29, 1.82) is 0 Å². The third-order valence-corrected chi connectivity index (χ3v) is 11.0.